The molecular formula is C21H19FN6O. The Morgan fingerprint density at radius 2 is 1.76 bits per heavy atom. The number of carbonyl (C=O) groups is 1. The second-order valence-corrected chi connectivity index (χ2v) is 6.67. The van der Waals surface area contributed by atoms with E-state index in [0.29, 0.717) is 16.9 Å². The molecule has 0 aliphatic rings. The van der Waals surface area contributed by atoms with E-state index < -0.39 is 0 Å². The third-order valence-corrected chi connectivity index (χ3v) is 4.75. The van der Waals surface area contributed by atoms with Crippen molar-refractivity contribution in [3.8, 4) is 11.4 Å². The van der Waals surface area contributed by atoms with Gasteiger partial charge in [-0.15, -0.1) is 5.10 Å². The second kappa shape index (κ2) is 7.67. The zero-order chi connectivity index (χ0) is 20.4. The van der Waals surface area contributed by atoms with Crippen molar-refractivity contribution in [2.24, 2.45) is 0 Å². The van der Waals surface area contributed by atoms with Gasteiger partial charge in [-0.1, -0.05) is 17.3 Å². The summed E-state index contributed by atoms with van der Waals surface area (Å²) in [5.41, 5.74) is 3.70. The molecule has 29 heavy (non-hydrogen) atoms. The molecule has 1 unspecified atom stereocenters. The van der Waals surface area contributed by atoms with E-state index in [9.17, 15) is 9.18 Å². The molecule has 4 rings (SSSR count). The van der Waals surface area contributed by atoms with Gasteiger partial charge in [0.15, 0.2) is 0 Å². The summed E-state index contributed by atoms with van der Waals surface area (Å²) in [6.07, 6.45) is 4.90. The Labute approximate surface area is 166 Å². The third-order valence-electron chi connectivity index (χ3n) is 4.75. The average molecular weight is 390 g/mol. The van der Waals surface area contributed by atoms with E-state index in [-0.39, 0.29) is 17.8 Å². The van der Waals surface area contributed by atoms with Crippen LogP contribution in [0.4, 0.5) is 4.39 Å². The monoisotopic (exact) mass is 390 g/mol. The summed E-state index contributed by atoms with van der Waals surface area (Å²) < 4.78 is 16.4. The summed E-state index contributed by atoms with van der Waals surface area (Å²) in [5, 5.41) is 15.0. The minimum atomic E-state index is -0.319. The minimum absolute atomic E-state index is 0.194. The Morgan fingerprint density at radius 1 is 1.07 bits per heavy atom. The number of hydrogen-bond acceptors (Lipinski definition) is 4. The number of rotatable bonds is 5. The fourth-order valence-electron chi connectivity index (χ4n) is 3.09. The Balaban J connectivity index is 1.48. The van der Waals surface area contributed by atoms with Crippen molar-refractivity contribution in [1.82, 2.24) is 30.1 Å². The van der Waals surface area contributed by atoms with Gasteiger partial charge in [-0.3, -0.25) is 4.79 Å². The number of benzene rings is 2. The Kier molecular flexibility index (Phi) is 4.90. The summed E-state index contributed by atoms with van der Waals surface area (Å²) in [6, 6.07) is 13.5. The van der Waals surface area contributed by atoms with Crippen molar-refractivity contribution in [1.29, 1.82) is 0 Å². The normalized spacial score (nSPS) is 12.0. The van der Waals surface area contributed by atoms with Crippen molar-refractivity contribution in [3.63, 3.8) is 0 Å². The maximum atomic E-state index is 13.1. The molecule has 2 heterocycles. The highest BCUT2D eigenvalue weighted by Crippen LogP contribution is 2.18. The lowest BCUT2D eigenvalue weighted by Gasteiger charge is -2.15. The molecule has 8 heteroatoms. The highest BCUT2D eigenvalue weighted by atomic mass is 19.1. The Morgan fingerprint density at radius 3 is 2.41 bits per heavy atom. The van der Waals surface area contributed by atoms with Crippen LogP contribution in [0.2, 0.25) is 0 Å². The number of amides is 1. The molecule has 2 aromatic carbocycles. The van der Waals surface area contributed by atoms with Crippen molar-refractivity contribution in [2.45, 2.75) is 19.9 Å². The predicted molar refractivity (Wildman–Crippen MR) is 105 cm³/mol. The molecule has 0 spiro atoms. The van der Waals surface area contributed by atoms with Gasteiger partial charge in [-0.05, 0) is 55.8 Å². The molecule has 7 nitrogen and oxygen atoms in total. The largest absolute Gasteiger partial charge is 0.345 e. The molecular weight excluding hydrogens is 371 g/mol. The van der Waals surface area contributed by atoms with E-state index in [4.69, 9.17) is 0 Å². The first-order valence-electron chi connectivity index (χ1n) is 9.11. The van der Waals surface area contributed by atoms with Gasteiger partial charge in [0.2, 0.25) is 0 Å². The quantitative estimate of drug-likeness (QED) is 0.567. The molecule has 0 aliphatic heterocycles. The zero-order valence-electron chi connectivity index (χ0n) is 16.0. The standard InChI is InChI=1S/C21H19FN6O/c1-14(16-3-7-18(8-4-16)27-12-11-23-26-27)25-21(29)20-13-24-28(15(20)2)19-9-5-17(22)6-10-19/h3-14H,1-2H3,(H,25,29). The van der Waals surface area contributed by atoms with Gasteiger partial charge in [-0.25, -0.2) is 13.8 Å². The van der Waals surface area contributed by atoms with Crippen molar-refractivity contribution in [2.75, 3.05) is 0 Å². The molecule has 4 aromatic rings. The second-order valence-electron chi connectivity index (χ2n) is 6.67. The summed E-state index contributed by atoms with van der Waals surface area (Å²) in [5.74, 6) is -0.538. The van der Waals surface area contributed by atoms with Crippen molar-refractivity contribution in [3.05, 3.63) is 89.8 Å². The van der Waals surface area contributed by atoms with E-state index in [1.807, 2.05) is 38.1 Å². The summed E-state index contributed by atoms with van der Waals surface area (Å²) in [6.45, 7) is 3.73. The van der Waals surface area contributed by atoms with Crippen molar-refractivity contribution < 1.29 is 9.18 Å². The highest BCUT2D eigenvalue weighted by Gasteiger charge is 2.18. The molecule has 1 amide bonds. The van der Waals surface area contributed by atoms with Crippen LogP contribution in [0.15, 0.2) is 67.1 Å². The minimum Gasteiger partial charge on any atom is -0.345 e. The van der Waals surface area contributed by atoms with Gasteiger partial charge in [0.25, 0.3) is 5.91 Å². The number of nitrogens with zero attached hydrogens (tertiary/aromatic N) is 5. The summed E-state index contributed by atoms with van der Waals surface area (Å²) in [7, 11) is 0. The third kappa shape index (κ3) is 3.77. The van der Waals surface area contributed by atoms with Crippen molar-refractivity contribution >= 4 is 5.91 Å². The molecule has 0 radical (unpaired) electrons. The Hall–Kier alpha value is -3.81. The van der Waals surface area contributed by atoms with Crippen LogP contribution in [0.3, 0.4) is 0 Å². The molecule has 1 N–H and O–H groups in total. The number of hydrogen-bond donors (Lipinski definition) is 1. The predicted octanol–water partition coefficient (Wildman–Crippen LogP) is 3.39. The smallest absolute Gasteiger partial charge is 0.255 e. The fraction of sp³-hybridized carbons (Fsp3) is 0.143. The maximum absolute atomic E-state index is 13.1. The zero-order valence-corrected chi connectivity index (χ0v) is 16.0. The molecule has 2 aromatic heterocycles. The number of halogens is 1. The van der Waals surface area contributed by atoms with Crippen LogP contribution in [0, 0.1) is 12.7 Å². The van der Waals surface area contributed by atoms with Gasteiger partial charge < -0.3 is 5.32 Å². The van der Waals surface area contributed by atoms with Gasteiger partial charge in [-0.2, -0.15) is 5.10 Å². The summed E-state index contributed by atoms with van der Waals surface area (Å²) >= 11 is 0. The van der Waals surface area contributed by atoms with Gasteiger partial charge in [0.05, 0.1) is 47.3 Å². The van der Waals surface area contributed by atoms with E-state index in [1.54, 1.807) is 33.9 Å². The van der Waals surface area contributed by atoms with Crippen LogP contribution < -0.4 is 5.32 Å². The van der Waals surface area contributed by atoms with Crippen LogP contribution in [-0.2, 0) is 0 Å². The lowest BCUT2D eigenvalue weighted by molar-refractivity contribution is 0.0939. The number of carbonyl (C=O) groups excluding carboxylic acids is 1. The molecule has 0 fully saturated rings. The lowest BCUT2D eigenvalue weighted by atomic mass is 10.1. The van der Waals surface area contributed by atoms with E-state index in [0.717, 1.165) is 11.3 Å². The molecule has 0 aliphatic carbocycles. The molecule has 0 bridgehead atoms. The van der Waals surface area contributed by atoms with E-state index in [2.05, 4.69) is 20.7 Å². The number of aromatic nitrogens is 5. The van der Waals surface area contributed by atoms with Crippen LogP contribution in [0.1, 0.15) is 34.6 Å². The van der Waals surface area contributed by atoms with Crippen LogP contribution in [0.5, 0.6) is 0 Å². The van der Waals surface area contributed by atoms with Gasteiger partial charge >= 0.3 is 0 Å². The van der Waals surface area contributed by atoms with Crippen LogP contribution in [-0.4, -0.2) is 30.7 Å². The van der Waals surface area contributed by atoms with Crippen LogP contribution in [0.25, 0.3) is 11.4 Å². The van der Waals surface area contributed by atoms with Crippen LogP contribution >= 0.6 is 0 Å². The highest BCUT2D eigenvalue weighted by molar-refractivity contribution is 5.95. The molecule has 0 saturated carbocycles. The van der Waals surface area contributed by atoms with Gasteiger partial charge in [0, 0.05) is 0 Å². The molecule has 146 valence electrons. The van der Waals surface area contributed by atoms with Gasteiger partial charge in [0.1, 0.15) is 5.82 Å². The SMILES string of the molecule is Cc1c(C(=O)NC(C)c2ccc(-n3ccnn3)cc2)cnn1-c1ccc(F)cc1. The van der Waals surface area contributed by atoms with E-state index in [1.165, 1.54) is 18.3 Å². The van der Waals surface area contributed by atoms with E-state index >= 15 is 0 Å². The molecule has 0 saturated heterocycles. The summed E-state index contributed by atoms with van der Waals surface area (Å²) in [4.78, 5) is 12.8. The topological polar surface area (TPSA) is 77.6 Å². The Bertz CT molecular complexity index is 1120. The number of nitrogens with one attached hydrogen (secondary N) is 1. The maximum Gasteiger partial charge on any atom is 0.255 e. The first-order chi connectivity index (χ1) is 14.0. The lowest BCUT2D eigenvalue weighted by Crippen LogP contribution is -2.27. The molecule has 1 atom stereocenters. The average Bonchev–Trinajstić information content (AvgIpc) is 3.39. The fourth-order valence-corrected chi connectivity index (χ4v) is 3.09. The first-order valence-corrected chi connectivity index (χ1v) is 9.11. The first kappa shape index (κ1) is 18.5.